The van der Waals surface area contributed by atoms with Gasteiger partial charge in [-0.3, -0.25) is 4.79 Å². The van der Waals surface area contributed by atoms with Gasteiger partial charge in [0.25, 0.3) is 5.91 Å². The van der Waals surface area contributed by atoms with Gasteiger partial charge in [0, 0.05) is 18.0 Å². The van der Waals surface area contributed by atoms with Gasteiger partial charge in [0.15, 0.2) is 11.5 Å². The number of aromatic amines is 1. The van der Waals surface area contributed by atoms with Gasteiger partial charge in [-0.05, 0) is 29.3 Å². The number of nitrogens with zero attached hydrogens (tertiary/aromatic N) is 3. The first-order valence-electron chi connectivity index (χ1n) is 8.66. The molecule has 138 valence electrons. The molecule has 0 aliphatic carbocycles. The van der Waals surface area contributed by atoms with Crippen LogP contribution in [0.4, 0.5) is 0 Å². The molecule has 0 spiro atoms. The van der Waals surface area contributed by atoms with Crippen LogP contribution in [0, 0.1) is 5.92 Å². The molecule has 0 saturated carbocycles. The average Bonchev–Trinajstić information content (AvgIpc) is 3.26. The zero-order chi connectivity index (χ0) is 18.6. The Morgan fingerprint density at radius 2 is 2.19 bits per heavy atom. The van der Waals surface area contributed by atoms with Crippen LogP contribution < -0.4 is 14.8 Å². The van der Waals surface area contributed by atoms with Crippen LogP contribution in [-0.2, 0) is 6.42 Å². The number of hydrogen-bond donors (Lipinski definition) is 2. The van der Waals surface area contributed by atoms with Crippen molar-refractivity contribution < 1.29 is 14.3 Å². The van der Waals surface area contributed by atoms with Crippen LogP contribution in [-0.4, -0.2) is 46.8 Å². The number of carbonyl (C=O) groups excluding carboxylic acids is 1. The second kappa shape index (κ2) is 7.45. The first-order chi connectivity index (χ1) is 13.3. The number of H-pyrrole nitrogens is 1. The molecule has 1 atom stereocenters. The molecule has 0 saturated heterocycles. The minimum atomic E-state index is -0.174. The van der Waals surface area contributed by atoms with Gasteiger partial charge in [-0.1, -0.05) is 30.3 Å². The number of ether oxygens (including phenoxy) is 2. The lowest BCUT2D eigenvalue weighted by Crippen LogP contribution is -2.35. The predicted octanol–water partition coefficient (Wildman–Crippen LogP) is 1.86. The van der Waals surface area contributed by atoms with E-state index in [-0.39, 0.29) is 11.8 Å². The average molecular weight is 365 g/mol. The lowest BCUT2D eigenvalue weighted by atomic mass is 9.96. The number of fused-ring (bicyclic) bond motifs is 1. The molecule has 1 aliphatic heterocycles. The van der Waals surface area contributed by atoms with Gasteiger partial charge < -0.3 is 14.8 Å². The highest BCUT2D eigenvalue weighted by Crippen LogP contribution is 2.35. The quantitative estimate of drug-likeness (QED) is 0.715. The van der Waals surface area contributed by atoms with Gasteiger partial charge in [0.1, 0.15) is 0 Å². The fraction of sp³-hybridized carbons (Fsp3) is 0.263. The molecular formula is C19H19N5O3. The summed E-state index contributed by atoms with van der Waals surface area (Å²) in [4.78, 5) is 12.7. The molecule has 27 heavy (non-hydrogen) atoms. The smallest absolute Gasteiger partial charge is 0.252 e. The van der Waals surface area contributed by atoms with E-state index >= 15 is 0 Å². The Morgan fingerprint density at radius 1 is 1.30 bits per heavy atom. The number of carbonyl (C=O) groups is 1. The summed E-state index contributed by atoms with van der Waals surface area (Å²) in [7, 11) is 1.63. The Bertz CT molecular complexity index is 942. The van der Waals surface area contributed by atoms with Crippen LogP contribution >= 0.6 is 0 Å². The van der Waals surface area contributed by atoms with E-state index in [2.05, 4.69) is 25.9 Å². The van der Waals surface area contributed by atoms with Crippen LogP contribution in [0.2, 0.25) is 0 Å². The van der Waals surface area contributed by atoms with Gasteiger partial charge in [-0.15, -0.1) is 10.2 Å². The molecule has 1 unspecified atom stereocenters. The number of para-hydroxylation sites is 1. The zero-order valence-corrected chi connectivity index (χ0v) is 14.8. The molecule has 2 heterocycles. The van der Waals surface area contributed by atoms with Crippen molar-refractivity contribution in [3.63, 3.8) is 0 Å². The molecule has 4 rings (SSSR count). The molecule has 0 bridgehead atoms. The van der Waals surface area contributed by atoms with Crippen molar-refractivity contribution in [3.8, 4) is 22.9 Å². The number of hydrogen-bond acceptors (Lipinski definition) is 6. The number of aromatic nitrogens is 4. The van der Waals surface area contributed by atoms with Crippen molar-refractivity contribution in [2.75, 3.05) is 20.3 Å². The number of benzene rings is 2. The largest absolute Gasteiger partial charge is 0.493 e. The van der Waals surface area contributed by atoms with Crippen LogP contribution in [0.3, 0.4) is 0 Å². The molecule has 2 aromatic carbocycles. The maximum absolute atomic E-state index is 12.7. The highest BCUT2D eigenvalue weighted by Gasteiger charge is 2.24. The number of rotatable bonds is 5. The number of tetrazole rings is 1. The highest BCUT2D eigenvalue weighted by atomic mass is 16.5. The summed E-state index contributed by atoms with van der Waals surface area (Å²) in [5, 5.41) is 16.9. The second-order valence-electron chi connectivity index (χ2n) is 6.32. The van der Waals surface area contributed by atoms with Crippen molar-refractivity contribution >= 4 is 5.91 Å². The molecule has 8 heteroatoms. The highest BCUT2D eigenvalue weighted by molar-refractivity contribution is 6.00. The molecule has 1 aromatic heterocycles. The van der Waals surface area contributed by atoms with Crippen LogP contribution in [0.15, 0.2) is 42.5 Å². The molecule has 2 N–H and O–H groups in total. The molecular weight excluding hydrogens is 346 g/mol. The van der Waals surface area contributed by atoms with Crippen LogP contribution in [0.1, 0.15) is 15.9 Å². The summed E-state index contributed by atoms with van der Waals surface area (Å²) >= 11 is 0. The minimum absolute atomic E-state index is 0.174. The van der Waals surface area contributed by atoms with E-state index < -0.39 is 0 Å². The first kappa shape index (κ1) is 17.0. The van der Waals surface area contributed by atoms with Crippen molar-refractivity contribution in [2.24, 2.45) is 5.92 Å². The molecule has 8 nitrogen and oxygen atoms in total. The Balaban J connectivity index is 1.44. The zero-order valence-electron chi connectivity index (χ0n) is 14.8. The van der Waals surface area contributed by atoms with E-state index in [0.717, 1.165) is 23.5 Å². The number of methoxy groups -OCH3 is 1. The Kier molecular flexibility index (Phi) is 4.69. The van der Waals surface area contributed by atoms with E-state index in [1.54, 1.807) is 19.2 Å². The van der Waals surface area contributed by atoms with Crippen LogP contribution in [0.5, 0.6) is 11.5 Å². The van der Waals surface area contributed by atoms with Gasteiger partial charge in [-0.2, -0.15) is 5.21 Å². The van der Waals surface area contributed by atoms with Crippen molar-refractivity contribution in [3.05, 3.63) is 53.6 Å². The summed E-state index contributed by atoms with van der Waals surface area (Å²) in [6.45, 7) is 1.04. The Morgan fingerprint density at radius 3 is 3.00 bits per heavy atom. The first-order valence-corrected chi connectivity index (χ1v) is 8.66. The third-order valence-corrected chi connectivity index (χ3v) is 4.56. The fourth-order valence-electron chi connectivity index (χ4n) is 3.23. The van der Waals surface area contributed by atoms with Gasteiger partial charge in [-0.25, -0.2) is 0 Å². The summed E-state index contributed by atoms with van der Waals surface area (Å²) in [6, 6.07) is 13.0. The van der Waals surface area contributed by atoms with E-state index in [1.165, 1.54) is 0 Å². The molecule has 3 aromatic rings. The normalized spacial score (nSPS) is 15.5. The summed E-state index contributed by atoms with van der Waals surface area (Å²) < 4.78 is 11.2. The molecule has 0 radical (unpaired) electrons. The van der Waals surface area contributed by atoms with Gasteiger partial charge >= 0.3 is 0 Å². The van der Waals surface area contributed by atoms with Gasteiger partial charge in [0.2, 0.25) is 5.82 Å². The van der Waals surface area contributed by atoms with Crippen molar-refractivity contribution in [1.29, 1.82) is 0 Å². The number of amides is 1. The Hall–Kier alpha value is -3.42. The monoisotopic (exact) mass is 365 g/mol. The molecule has 1 aliphatic rings. The topological polar surface area (TPSA) is 102 Å². The standard InChI is InChI=1S/C19H19N5O3/c1-26-16-8-4-5-13-9-12(11-27-17(13)16)10-20-19(25)15-7-3-2-6-14(15)18-21-23-24-22-18/h2-8,12H,9-11H2,1H3,(H,20,25)(H,21,22,23,24). The molecule has 1 amide bonds. The SMILES string of the molecule is COc1cccc2c1OCC(CNC(=O)c1ccccc1-c1nn[nH]n1)C2. The van der Waals surface area contributed by atoms with Crippen molar-refractivity contribution in [1.82, 2.24) is 25.9 Å². The van der Waals surface area contributed by atoms with E-state index in [9.17, 15) is 4.79 Å². The summed E-state index contributed by atoms with van der Waals surface area (Å²) in [5.74, 6) is 1.94. The van der Waals surface area contributed by atoms with E-state index in [0.29, 0.717) is 30.1 Å². The van der Waals surface area contributed by atoms with Gasteiger partial charge in [0.05, 0.1) is 19.3 Å². The third kappa shape index (κ3) is 3.46. The maximum atomic E-state index is 12.7. The maximum Gasteiger partial charge on any atom is 0.252 e. The molecule has 0 fully saturated rings. The van der Waals surface area contributed by atoms with E-state index in [4.69, 9.17) is 9.47 Å². The fourth-order valence-corrected chi connectivity index (χ4v) is 3.23. The predicted molar refractivity (Wildman–Crippen MR) is 97.6 cm³/mol. The van der Waals surface area contributed by atoms with Crippen molar-refractivity contribution in [2.45, 2.75) is 6.42 Å². The minimum Gasteiger partial charge on any atom is -0.493 e. The van der Waals surface area contributed by atoms with E-state index in [1.807, 2.05) is 30.3 Å². The number of nitrogens with one attached hydrogen (secondary N) is 2. The lowest BCUT2D eigenvalue weighted by Gasteiger charge is -2.26. The Labute approximate surface area is 155 Å². The summed E-state index contributed by atoms with van der Waals surface area (Å²) in [6.07, 6.45) is 0.819. The van der Waals surface area contributed by atoms with Crippen LogP contribution in [0.25, 0.3) is 11.4 Å². The third-order valence-electron chi connectivity index (χ3n) is 4.56. The summed E-state index contributed by atoms with van der Waals surface area (Å²) in [5.41, 5.74) is 2.24. The second-order valence-corrected chi connectivity index (χ2v) is 6.32. The lowest BCUT2D eigenvalue weighted by molar-refractivity contribution is 0.0939.